The summed E-state index contributed by atoms with van der Waals surface area (Å²) in [6.45, 7) is 4.46. The van der Waals surface area contributed by atoms with E-state index in [9.17, 15) is 19.4 Å². The molecule has 0 radical (unpaired) electrons. The number of aliphatic hydroxyl groups excluding tert-OH is 1. The number of hydrogen-bond donors (Lipinski definition) is 2. The fourth-order valence-corrected chi connectivity index (χ4v) is 5.15. The van der Waals surface area contributed by atoms with Crippen LogP contribution in [0.15, 0.2) is 60.8 Å². The van der Waals surface area contributed by atoms with Gasteiger partial charge in [-0.3, -0.25) is 9.36 Å². The molecule has 2 N–H and O–H groups in total. The first-order valence-corrected chi connectivity index (χ1v) is 19.1. The molecule has 0 aromatic carbocycles. The van der Waals surface area contributed by atoms with E-state index in [1.54, 1.807) is 0 Å². The second kappa shape index (κ2) is 29.3. The van der Waals surface area contributed by atoms with E-state index in [-0.39, 0.29) is 25.5 Å². The fraction of sp³-hybridized carbons (Fsp3) is 0.703. The summed E-state index contributed by atoms with van der Waals surface area (Å²) in [6.07, 6.45) is 35.3. The van der Waals surface area contributed by atoms with Crippen molar-refractivity contribution in [1.29, 1.82) is 0 Å². The maximum absolute atomic E-state index is 12.7. The number of phosphoric ester groups is 1. The van der Waals surface area contributed by atoms with Gasteiger partial charge in [0.15, 0.2) is 0 Å². The zero-order valence-electron chi connectivity index (χ0n) is 29.7. The molecule has 3 unspecified atom stereocenters. The van der Waals surface area contributed by atoms with Crippen molar-refractivity contribution in [3.8, 4) is 0 Å². The van der Waals surface area contributed by atoms with Crippen molar-refractivity contribution in [2.75, 3.05) is 40.9 Å². The van der Waals surface area contributed by atoms with Crippen molar-refractivity contribution in [1.82, 2.24) is 5.32 Å². The van der Waals surface area contributed by atoms with Gasteiger partial charge >= 0.3 is 0 Å². The van der Waals surface area contributed by atoms with Crippen molar-refractivity contribution in [2.45, 2.75) is 129 Å². The lowest BCUT2D eigenvalue weighted by molar-refractivity contribution is -0.870. The Hall–Kier alpha value is -1.80. The minimum Gasteiger partial charge on any atom is -0.756 e. The van der Waals surface area contributed by atoms with Crippen LogP contribution in [-0.2, 0) is 18.4 Å². The molecule has 0 heterocycles. The highest BCUT2D eigenvalue weighted by Gasteiger charge is 2.24. The predicted octanol–water partition coefficient (Wildman–Crippen LogP) is 8.10. The maximum atomic E-state index is 12.7. The number of carbonyl (C=O) groups is 1. The number of allylic oxidation sites excluding steroid dienone is 10. The van der Waals surface area contributed by atoms with Gasteiger partial charge in [-0.2, -0.15) is 0 Å². The zero-order chi connectivity index (χ0) is 34.4. The number of amides is 1. The monoisotopic (exact) mass is 666 g/mol. The van der Waals surface area contributed by atoms with Crippen LogP contribution in [0.25, 0.3) is 0 Å². The van der Waals surface area contributed by atoms with Gasteiger partial charge in [-0.15, -0.1) is 0 Å². The molecule has 3 atom stereocenters. The Bertz CT molecular complexity index is 939. The fourth-order valence-electron chi connectivity index (χ4n) is 4.42. The van der Waals surface area contributed by atoms with Crippen molar-refractivity contribution in [2.24, 2.45) is 0 Å². The van der Waals surface area contributed by atoms with Crippen molar-refractivity contribution in [3.05, 3.63) is 60.8 Å². The quantitative estimate of drug-likeness (QED) is 0.0347. The Balaban J connectivity index is 4.55. The van der Waals surface area contributed by atoms with Crippen LogP contribution in [0, 0.1) is 0 Å². The van der Waals surface area contributed by atoms with Crippen molar-refractivity contribution in [3.63, 3.8) is 0 Å². The van der Waals surface area contributed by atoms with Gasteiger partial charge in [0.05, 0.1) is 39.9 Å². The topological polar surface area (TPSA) is 108 Å². The first-order chi connectivity index (χ1) is 22.0. The highest BCUT2D eigenvalue weighted by molar-refractivity contribution is 7.45. The largest absolute Gasteiger partial charge is 0.756 e. The average molecular weight is 667 g/mol. The first kappa shape index (κ1) is 44.2. The van der Waals surface area contributed by atoms with E-state index in [0.717, 1.165) is 57.8 Å². The molecule has 1 amide bonds. The zero-order valence-corrected chi connectivity index (χ0v) is 30.6. The highest BCUT2D eigenvalue weighted by Crippen LogP contribution is 2.38. The Labute approximate surface area is 281 Å². The van der Waals surface area contributed by atoms with Crippen LogP contribution in [0.1, 0.15) is 117 Å². The van der Waals surface area contributed by atoms with E-state index in [1.807, 2.05) is 21.1 Å². The van der Waals surface area contributed by atoms with Crippen LogP contribution in [0.4, 0.5) is 0 Å². The van der Waals surface area contributed by atoms with E-state index in [2.05, 4.69) is 79.9 Å². The van der Waals surface area contributed by atoms with Gasteiger partial charge in [-0.25, -0.2) is 0 Å². The molecule has 0 aliphatic rings. The molecule has 0 rings (SSSR count). The number of aliphatic hydroxyl groups is 1. The molecular weight excluding hydrogens is 599 g/mol. The molecule has 0 aromatic rings. The number of nitrogens with zero attached hydrogens (tertiary/aromatic N) is 1. The van der Waals surface area contributed by atoms with Gasteiger partial charge in [0.1, 0.15) is 13.2 Å². The molecular formula is C37H67N2O6P. The third-order valence-corrected chi connectivity index (χ3v) is 8.23. The Morgan fingerprint density at radius 3 is 1.85 bits per heavy atom. The third-order valence-electron chi connectivity index (χ3n) is 7.27. The number of likely N-dealkylation sites (N-methyl/N-ethyl adjacent to an activating group) is 1. The molecule has 0 spiro atoms. The molecule has 0 aromatic heterocycles. The van der Waals surface area contributed by atoms with Crippen LogP contribution >= 0.6 is 7.82 Å². The molecule has 266 valence electrons. The number of rotatable bonds is 30. The molecule has 0 aliphatic heterocycles. The van der Waals surface area contributed by atoms with Crippen LogP contribution in [-0.4, -0.2) is 68.5 Å². The summed E-state index contributed by atoms with van der Waals surface area (Å²) in [6, 6.07) is -0.828. The molecule has 0 bridgehead atoms. The van der Waals surface area contributed by atoms with E-state index in [4.69, 9.17) is 9.05 Å². The summed E-state index contributed by atoms with van der Waals surface area (Å²) in [5.41, 5.74) is 0. The van der Waals surface area contributed by atoms with Gasteiger partial charge in [-0.05, 0) is 51.4 Å². The van der Waals surface area contributed by atoms with Crippen LogP contribution in [0.2, 0.25) is 0 Å². The number of phosphoric acid groups is 1. The molecule has 46 heavy (non-hydrogen) atoms. The summed E-state index contributed by atoms with van der Waals surface area (Å²) in [5.74, 6) is -0.230. The minimum absolute atomic E-state index is 0.00229. The van der Waals surface area contributed by atoms with E-state index < -0.39 is 20.0 Å². The van der Waals surface area contributed by atoms with Gasteiger partial charge in [0, 0.05) is 6.42 Å². The van der Waals surface area contributed by atoms with Crippen LogP contribution in [0.3, 0.4) is 0 Å². The lowest BCUT2D eigenvalue weighted by atomic mass is 10.0. The summed E-state index contributed by atoms with van der Waals surface area (Å²) in [7, 11) is 1.25. The molecule has 0 saturated heterocycles. The molecule has 0 saturated carbocycles. The van der Waals surface area contributed by atoms with E-state index in [1.165, 1.54) is 25.7 Å². The van der Waals surface area contributed by atoms with Gasteiger partial charge in [-0.1, -0.05) is 120 Å². The number of nitrogens with one attached hydrogen (secondary N) is 1. The smallest absolute Gasteiger partial charge is 0.268 e. The number of quaternary nitrogens is 1. The minimum atomic E-state index is -4.56. The number of unbranched alkanes of at least 4 members (excludes halogenated alkanes) is 7. The van der Waals surface area contributed by atoms with Crippen molar-refractivity contribution < 1.29 is 32.9 Å². The normalized spacial score (nSPS) is 15.5. The summed E-state index contributed by atoms with van der Waals surface area (Å²) < 4.78 is 23.0. The molecule has 0 aliphatic carbocycles. The SMILES string of the molecule is CC/C=C\C/C=C\C/C=C\C/C=C\C/C=C\CCCC(=O)NC(COP(=O)([O-])OCC[N+](C)(C)C)C(O)CCCCCCCCC. The van der Waals surface area contributed by atoms with Gasteiger partial charge in [0.2, 0.25) is 5.91 Å². The summed E-state index contributed by atoms with van der Waals surface area (Å²) in [5, 5.41) is 13.7. The lowest BCUT2D eigenvalue weighted by Gasteiger charge is -2.30. The molecule has 0 fully saturated rings. The predicted molar refractivity (Wildman–Crippen MR) is 191 cm³/mol. The second-order valence-electron chi connectivity index (χ2n) is 12.8. The van der Waals surface area contributed by atoms with E-state index in [0.29, 0.717) is 23.9 Å². The van der Waals surface area contributed by atoms with Gasteiger partial charge in [0.25, 0.3) is 7.82 Å². The molecule has 9 heteroatoms. The maximum Gasteiger partial charge on any atom is 0.268 e. The molecule has 8 nitrogen and oxygen atoms in total. The second-order valence-corrected chi connectivity index (χ2v) is 14.3. The van der Waals surface area contributed by atoms with Crippen molar-refractivity contribution >= 4 is 13.7 Å². The van der Waals surface area contributed by atoms with Crippen LogP contribution in [0.5, 0.6) is 0 Å². The Morgan fingerprint density at radius 2 is 1.30 bits per heavy atom. The average Bonchev–Trinajstić information content (AvgIpc) is 2.99. The summed E-state index contributed by atoms with van der Waals surface area (Å²) in [4.78, 5) is 25.0. The van der Waals surface area contributed by atoms with Gasteiger partial charge < -0.3 is 28.8 Å². The van der Waals surface area contributed by atoms with E-state index >= 15 is 0 Å². The highest BCUT2D eigenvalue weighted by atomic mass is 31.2. The number of carbonyl (C=O) groups excluding carboxylic acids is 1. The first-order valence-electron chi connectivity index (χ1n) is 17.6. The lowest BCUT2D eigenvalue weighted by Crippen LogP contribution is -2.46. The standard InChI is InChI=1S/C37H67N2O6P/c1-6-8-10-12-14-15-16-17-18-19-20-21-22-23-25-27-29-31-37(41)38-35(36(40)30-28-26-24-13-11-9-7-2)34-45-46(42,43)44-33-32-39(3,4)5/h8,10,14-15,17-18,20-21,23,25,35-36,40H,6-7,9,11-13,16,19,22,24,26-34H2,1-5H3,(H-,38,41,42,43)/b10-8-,15-14-,18-17-,21-20-,25-23-. The number of hydrogen-bond acceptors (Lipinski definition) is 6. The Morgan fingerprint density at radius 1 is 0.783 bits per heavy atom. The Kier molecular flexibility index (Phi) is 28.2. The summed E-state index contributed by atoms with van der Waals surface area (Å²) >= 11 is 0. The third kappa shape index (κ3) is 30.8. The van der Waals surface area contributed by atoms with Crippen LogP contribution < -0.4 is 10.2 Å².